The van der Waals surface area contributed by atoms with Crippen LogP contribution in [0.1, 0.15) is 11.7 Å². The molecule has 0 aliphatic carbocycles. The number of hydrogen-bond acceptors (Lipinski definition) is 6. The van der Waals surface area contributed by atoms with Crippen LogP contribution < -0.4 is 10.9 Å². The van der Waals surface area contributed by atoms with Gasteiger partial charge in [-0.1, -0.05) is 35.9 Å². The Hall–Kier alpha value is -2.97. The molecule has 2 heterocycles. The summed E-state index contributed by atoms with van der Waals surface area (Å²) in [5.41, 5.74) is -0.759. The summed E-state index contributed by atoms with van der Waals surface area (Å²) in [4.78, 5) is 26.9. The standard InChI is InChI=1S/C16H13ClN4O4/c17-11-6-2-1-5-10(11)12(22)9-18-15-14(21(24)25)16(23)20-8-4-3-7-13(20)19-15/h1-8,12,18,22H,9H2. The van der Waals surface area contributed by atoms with E-state index in [9.17, 15) is 20.0 Å². The summed E-state index contributed by atoms with van der Waals surface area (Å²) in [6, 6.07) is 11.5. The lowest BCUT2D eigenvalue weighted by Gasteiger charge is -2.14. The zero-order valence-electron chi connectivity index (χ0n) is 12.8. The molecule has 1 unspecified atom stereocenters. The van der Waals surface area contributed by atoms with Crippen LogP contribution in [0.2, 0.25) is 5.02 Å². The number of aliphatic hydroxyl groups excluding tert-OH is 1. The maximum atomic E-state index is 12.3. The third kappa shape index (κ3) is 3.30. The van der Waals surface area contributed by atoms with Gasteiger partial charge in [-0.25, -0.2) is 4.98 Å². The van der Waals surface area contributed by atoms with Gasteiger partial charge < -0.3 is 10.4 Å². The van der Waals surface area contributed by atoms with Crippen LogP contribution >= 0.6 is 11.6 Å². The molecule has 8 nitrogen and oxygen atoms in total. The third-order valence-electron chi connectivity index (χ3n) is 3.62. The summed E-state index contributed by atoms with van der Waals surface area (Å²) in [5, 5.41) is 24.6. The second kappa shape index (κ2) is 6.88. The number of rotatable bonds is 5. The molecule has 3 aromatic rings. The fourth-order valence-corrected chi connectivity index (χ4v) is 2.68. The monoisotopic (exact) mass is 360 g/mol. The van der Waals surface area contributed by atoms with E-state index in [-0.39, 0.29) is 18.0 Å². The van der Waals surface area contributed by atoms with E-state index in [0.29, 0.717) is 10.6 Å². The lowest BCUT2D eigenvalue weighted by atomic mass is 10.1. The normalized spacial score (nSPS) is 12.1. The highest BCUT2D eigenvalue weighted by atomic mass is 35.5. The largest absolute Gasteiger partial charge is 0.387 e. The molecular formula is C16H13ClN4O4. The average molecular weight is 361 g/mol. The number of nitrogens with one attached hydrogen (secondary N) is 1. The molecule has 1 atom stereocenters. The van der Waals surface area contributed by atoms with Crippen LogP contribution in [0.15, 0.2) is 53.5 Å². The van der Waals surface area contributed by atoms with Crippen molar-refractivity contribution >= 4 is 28.8 Å². The van der Waals surface area contributed by atoms with E-state index < -0.39 is 22.3 Å². The molecule has 0 radical (unpaired) electrons. The smallest absolute Gasteiger partial charge is 0.376 e. The van der Waals surface area contributed by atoms with Gasteiger partial charge in [-0.15, -0.1) is 0 Å². The minimum absolute atomic E-state index is 0.0972. The number of nitro groups is 1. The molecule has 0 saturated carbocycles. The number of pyridine rings is 1. The third-order valence-corrected chi connectivity index (χ3v) is 3.96. The molecule has 0 bridgehead atoms. The van der Waals surface area contributed by atoms with E-state index in [4.69, 9.17) is 11.6 Å². The first-order chi connectivity index (χ1) is 12.0. The fourth-order valence-electron chi connectivity index (χ4n) is 2.42. The SMILES string of the molecule is O=c1c([N+](=O)[O-])c(NCC(O)c2ccccc2Cl)nc2ccccn12. The van der Waals surface area contributed by atoms with E-state index in [1.807, 2.05) is 0 Å². The van der Waals surface area contributed by atoms with Gasteiger partial charge in [-0.2, -0.15) is 0 Å². The van der Waals surface area contributed by atoms with Crippen molar-refractivity contribution in [2.75, 3.05) is 11.9 Å². The number of halogens is 1. The highest BCUT2D eigenvalue weighted by Gasteiger charge is 2.24. The van der Waals surface area contributed by atoms with Gasteiger partial charge in [0.05, 0.1) is 11.0 Å². The number of aliphatic hydroxyl groups is 1. The molecule has 128 valence electrons. The molecule has 9 heteroatoms. The number of fused-ring (bicyclic) bond motifs is 1. The Morgan fingerprint density at radius 1 is 1.28 bits per heavy atom. The zero-order chi connectivity index (χ0) is 18.0. The molecule has 0 amide bonds. The van der Waals surface area contributed by atoms with Gasteiger partial charge in [0.1, 0.15) is 5.65 Å². The topological polar surface area (TPSA) is 110 Å². The van der Waals surface area contributed by atoms with Gasteiger partial charge in [0.15, 0.2) is 0 Å². The maximum absolute atomic E-state index is 12.3. The van der Waals surface area contributed by atoms with Crippen LogP contribution in [0.5, 0.6) is 0 Å². The second-order valence-corrected chi connectivity index (χ2v) is 5.63. The van der Waals surface area contributed by atoms with Crippen LogP contribution in [0.3, 0.4) is 0 Å². The fraction of sp³-hybridized carbons (Fsp3) is 0.125. The number of aromatic nitrogens is 2. The Balaban J connectivity index is 1.96. The molecule has 0 saturated heterocycles. The van der Waals surface area contributed by atoms with Crippen LogP contribution in [0.4, 0.5) is 11.5 Å². The van der Waals surface area contributed by atoms with Crippen molar-refractivity contribution < 1.29 is 10.0 Å². The van der Waals surface area contributed by atoms with E-state index in [1.165, 1.54) is 6.20 Å². The second-order valence-electron chi connectivity index (χ2n) is 5.22. The molecule has 3 rings (SSSR count). The Bertz CT molecular complexity index is 1000. The number of benzene rings is 1. The highest BCUT2D eigenvalue weighted by Crippen LogP contribution is 2.24. The van der Waals surface area contributed by atoms with Gasteiger partial charge in [0.25, 0.3) is 0 Å². The van der Waals surface area contributed by atoms with Crippen LogP contribution in [-0.4, -0.2) is 26.0 Å². The van der Waals surface area contributed by atoms with Gasteiger partial charge in [0.2, 0.25) is 5.82 Å². The Labute approximate surface area is 146 Å². The van der Waals surface area contributed by atoms with Gasteiger partial charge in [-0.05, 0) is 18.2 Å². The van der Waals surface area contributed by atoms with E-state index >= 15 is 0 Å². The Morgan fingerprint density at radius 2 is 2.00 bits per heavy atom. The Morgan fingerprint density at radius 3 is 2.72 bits per heavy atom. The van der Waals surface area contributed by atoms with Crippen LogP contribution in [0, 0.1) is 10.1 Å². The maximum Gasteiger partial charge on any atom is 0.376 e. The quantitative estimate of drug-likeness (QED) is 0.534. The molecule has 0 aliphatic heterocycles. The molecular weight excluding hydrogens is 348 g/mol. The highest BCUT2D eigenvalue weighted by molar-refractivity contribution is 6.31. The Kier molecular flexibility index (Phi) is 4.64. The molecule has 1 aromatic carbocycles. The van der Waals surface area contributed by atoms with Crippen molar-refractivity contribution in [1.82, 2.24) is 9.38 Å². The van der Waals surface area contributed by atoms with Gasteiger partial charge in [0, 0.05) is 23.3 Å². The summed E-state index contributed by atoms with van der Waals surface area (Å²) >= 11 is 6.02. The minimum Gasteiger partial charge on any atom is -0.387 e. The summed E-state index contributed by atoms with van der Waals surface area (Å²) in [5.74, 6) is -0.202. The zero-order valence-corrected chi connectivity index (χ0v) is 13.6. The number of hydrogen-bond donors (Lipinski definition) is 2. The molecule has 0 fully saturated rings. The molecule has 0 aliphatic rings. The molecule has 25 heavy (non-hydrogen) atoms. The first-order valence-corrected chi connectivity index (χ1v) is 7.69. The first kappa shape index (κ1) is 16.9. The van der Waals surface area contributed by atoms with Crippen LogP contribution in [-0.2, 0) is 0 Å². The van der Waals surface area contributed by atoms with Crippen molar-refractivity contribution in [3.05, 3.63) is 79.7 Å². The summed E-state index contributed by atoms with van der Waals surface area (Å²) in [6.45, 7) is -0.0972. The average Bonchev–Trinajstić information content (AvgIpc) is 2.60. The van der Waals surface area contributed by atoms with Crippen molar-refractivity contribution in [1.29, 1.82) is 0 Å². The van der Waals surface area contributed by atoms with Gasteiger partial charge >= 0.3 is 11.2 Å². The molecule has 0 spiro atoms. The van der Waals surface area contributed by atoms with Crippen molar-refractivity contribution in [3.8, 4) is 0 Å². The molecule has 2 aromatic heterocycles. The summed E-state index contributed by atoms with van der Waals surface area (Å²) in [6.07, 6.45) is 0.379. The van der Waals surface area contributed by atoms with Crippen molar-refractivity contribution in [3.63, 3.8) is 0 Å². The lowest BCUT2D eigenvalue weighted by molar-refractivity contribution is -0.385. The summed E-state index contributed by atoms with van der Waals surface area (Å²) in [7, 11) is 0. The van der Waals surface area contributed by atoms with E-state index in [1.54, 1.807) is 42.5 Å². The van der Waals surface area contributed by atoms with Crippen molar-refractivity contribution in [2.24, 2.45) is 0 Å². The number of anilines is 1. The minimum atomic E-state index is -1.02. The van der Waals surface area contributed by atoms with E-state index in [2.05, 4.69) is 10.3 Å². The van der Waals surface area contributed by atoms with E-state index in [0.717, 1.165) is 4.40 Å². The predicted octanol–water partition coefficient (Wildman–Crippen LogP) is 2.40. The number of nitrogens with zero attached hydrogens (tertiary/aromatic N) is 3. The van der Waals surface area contributed by atoms with Gasteiger partial charge in [-0.3, -0.25) is 19.3 Å². The summed E-state index contributed by atoms with van der Waals surface area (Å²) < 4.78 is 1.09. The molecule has 2 N–H and O–H groups in total. The first-order valence-electron chi connectivity index (χ1n) is 7.31. The van der Waals surface area contributed by atoms with Crippen LogP contribution in [0.25, 0.3) is 5.65 Å². The van der Waals surface area contributed by atoms with Crippen molar-refractivity contribution in [2.45, 2.75) is 6.10 Å². The predicted molar refractivity (Wildman–Crippen MR) is 93.0 cm³/mol. The lowest BCUT2D eigenvalue weighted by Crippen LogP contribution is -2.22.